The maximum Gasteiger partial charge on any atom is 0.422 e. The lowest BCUT2D eigenvalue weighted by Gasteiger charge is -2.10. The van der Waals surface area contributed by atoms with E-state index in [2.05, 4.69) is 17.2 Å². The molecule has 0 aliphatic heterocycles. The summed E-state index contributed by atoms with van der Waals surface area (Å²) in [5.41, 5.74) is 8.57. The highest BCUT2D eigenvalue weighted by molar-refractivity contribution is 5.92. The zero-order valence-electron chi connectivity index (χ0n) is 13.8. The lowest BCUT2D eigenvalue weighted by molar-refractivity contribution is -0.153. The number of hydrogen-bond donors (Lipinski definition) is 2. The molecule has 3 N–H and O–H groups in total. The quantitative estimate of drug-likeness (QED) is 0.608. The first kappa shape index (κ1) is 18.6. The molecule has 0 amide bonds. The number of aryl methyl sites for hydroxylation is 1. The van der Waals surface area contributed by atoms with Gasteiger partial charge < -0.3 is 15.8 Å². The smallest absolute Gasteiger partial charge is 0.422 e. The maximum absolute atomic E-state index is 12.2. The number of ether oxygens (including phenoxy) is 1. The Morgan fingerprint density at radius 3 is 2.56 bits per heavy atom. The van der Waals surface area contributed by atoms with E-state index in [0.29, 0.717) is 5.56 Å². The van der Waals surface area contributed by atoms with E-state index in [1.165, 1.54) is 17.7 Å². The van der Waals surface area contributed by atoms with Crippen LogP contribution >= 0.6 is 0 Å². The second-order valence-electron chi connectivity index (χ2n) is 5.43. The number of guanidine groups is 1. The van der Waals surface area contributed by atoms with Crippen LogP contribution in [0.4, 0.5) is 18.9 Å². The fraction of sp³-hybridized carbons (Fsp3) is 0.278. The van der Waals surface area contributed by atoms with Crippen molar-refractivity contribution in [2.75, 3.05) is 11.9 Å². The number of hydrogen-bond acceptors (Lipinski definition) is 2. The van der Waals surface area contributed by atoms with Crippen molar-refractivity contribution in [2.45, 2.75) is 26.1 Å². The van der Waals surface area contributed by atoms with Crippen LogP contribution in [0.5, 0.6) is 5.75 Å². The van der Waals surface area contributed by atoms with Gasteiger partial charge in [0.15, 0.2) is 12.6 Å². The van der Waals surface area contributed by atoms with Gasteiger partial charge >= 0.3 is 6.18 Å². The van der Waals surface area contributed by atoms with Crippen LogP contribution in [-0.2, 0) is 13.0 Å². The fourth-order valence-corrected chi connectivity index (χ4v) is 2.13. The van der Waals surface area contributed by atoms with E-state index in [1.54, 1.807) is 12.1 Å². The molecule has 0 aliphatic rings. The largest absolute Gasteiger partial charge is 0.484 e. The Morgan fingerprint density at radius 2 is 1.84 bits per heavy atom. The minimum absolute atomic E-state index is 0.146. The van der Waals surface area contributed by atoms with Crippen molar-refractivity contribution in [1.29, 1.82) is 0 Å². The summed E-state index contributed by atoms with van der Waals surface area (Å²) >= 11 is 0. The molecule has 2 aromatic rings. The molecule has 0 saturated carbocycles. The predicted molar refractivity (Wildman–Crippen MR) is 92.8 cm³/mol. The Kier molecular flexibility index (Phi) is 6.27. The first-order chi connectivity index (χ1) is 11.9. The monoisotopic (exact) mass is 351 g/mol. The van der Waals surface area contributed by atoms with E-state index in [0.717, 1.165) is 12.1 Å². The zero-order chi connectivity index (χ0) is 18.3. The molecule has 7 heteroatoms. The van der Waals surface area contributed by atoms with Crippen molar-refractivity contribution in [3.63, 3.8) is 0 Å². The van der Waals surface area contributed by atoms with Gasteiger partial charge in [-0.15, -0.1) is 0 Å². The molecular formula is C18H20F3N3O. The number of alkyl halides is 3. The number of nitrogens with two attached hydrogens (primary N) is 1. The van der Waals surface area contributed by atoms with Crippen LogP contribution in [0, 0.1) is 0 Å². The van der Waals surface area contributed by atoms with Gasteiger partial charge in [0.25, 0.3) is 0 Å². The summed E-state index contributed by atoms with van der Waals surface area (Å²) < 4.78 is 41.3. The number of nitrogens with zero attached hydrogens (tertiary/aromatic N) is 1. The Balaban J connectivity index is 1.95. The minimum atomic E-state index is -4.37. The highest BCUT2D eigenvalue weighted by atomic mass is 19.4. The van der Waals surface area contributed by atoms with Crippen molar-refractivity contribution in [1.82, 2.24) is 0 Å². The average Bonchev–Trinajstić information content (AvgIpc) is 2.58. The zero-order valence-corrected chi connectivity index (χ0v) is 13.8. The maximum atomic E-state index is 12.2. The molecule has 0 heterocycles. The topological polar surface area (TPSA) is 59.6 Å². The second kappa shape index (κ2) is 8.41. The van der Waals surface area contributed by atoms with Gasteiger partial charge in [0, 0.05) is 5.69 Å². The minimum Gasteiger partial charge on any atom is -0.484 e. The molecule has 0 atom stereocenters. The second-order valence-corrected chi connectivity index (χ2v) is 5.43. The molecule has 0 aliphatic carbocycles. The lowest BCUT2D eigenvalue weighted by atomic mass is 10.1. The number of halogens is 3. The third-order valence-corrected chi connectivity index (χ3v) is 3.34. The lowest BCUT2D eigenvalue weighted by Crippen LogP contribution is -2.22. The van der Waals surface area contributed by atoms with Crippen LogP contribution in [0.2, 0.25) is 0 Å². The van der Waals surface area contributed by atoms with Gasteiger partial charge in [-0.3, -0.25) is 0 Å². The molecule has 25 heavy (non-hydrogen) atoms. The van der Waals surface area contributed by atoms with Crippen LogP contribution in [-0.4, -0.2) is 18.7 Å². The molecular weight excluding hydrogens is 331 g/mol. The summed E-state index contributed by atoms with van der Waals surface area (Å²) in [6.45, 7) is 0.969. The van der Waals surface area contributed by atoms with E-state index in [1.807, 2.05) is 24.3 Å². The molecule has 0 radical (unpaired) electrons. The average molecular weight is 351 g/mol. The van der Waals surface area contributed by atoms with Gasteiger partial charge in [0.1, 0.15) is 5.75 Å². The van der Waals surface area contributed by atoms with Crippen molar-refractivity contribution >= 4 is 11.6 Å². The summed E-state index contributed by atoms with van der Waals surface area (Å²) in [6.07, 6.45) is -3.45. The highest BCUT2D eigenvalue weighted by Crippen LogP contribution is 2.19. The number of anilines is 1. The van der Waals surface area contributed by atoms with Crippen LogP contribution in [0.25, 0.3) is 0 Å². The summed E-state index contributed by atoms with van der Waals surface area (Å²) in [5, 5.41) is 2.99. The van der Waals surface area contributed by atoms with Gasteiger partial charge in [0.05, 0.1) is 6.54 Å². The van der Waals surface area contributed by atoms with Crippen LogP contribution in [0.15, 0.2) is 53.5 Å². The summed E-state index contributed by atoms with van der Waals surface area (Å²) in [7, 11) is 0. The summed E-state index contributed by atoms with van der Waals surface area (Å²) in [5.74, 6) is 0.377. The Hall–Kier alpha value is -2.70. The highest BCUT2D eigenvalue weighted by Gasteiger charge is 2.28. The molecule has 4 nitrogen and oxygen atoms in total. The van der Waals surface area contributed by atoms with E-state index in [-0.39, 0.29) is 18.3 Å². The van der Waals surface area contributed by atoms with Gasteiger partial charge in [-0.05, 0) is 41.8 Å². The molecule has 0 spiro atoms. The first-order valence-corrected chi connectivity index (χ1v) is 7.80. The normalized spacial score (nSPS) is 12.1. The van der Waals surface area contributed by atoms with Crippen LogP contribution < -0.4 is 15.8 Å². The number of rotatable bonds is 6. The third-order valence-electron chi connectivity index (χ3n) is 3.34. The number of aliphatic imine (C=N–C) groups is 1. The van der Waals surface area contributed by atoms with Crippen LogP contribution in [0.3, 0.4) is 0 Å². The SMILES string of the molecule is CCc1cccc(NC(N)=NCc2cccc(OCC(F)(F)F)c2)c1. The molecule has 2 aromatic carbocycles. The standard InChI is InChI=1S/C18H20F3N3O/c1-2-13-5-3-7-15(9-13)24-17(22)23-11-14-6-4-8-16(10-14)25-12-18(19,20)21/h3-10H,2,11-12H2,1H3,(H3,22,23,24). The molecule has 0 bridgehead atoms. The Labute approximate surface area is 144 Å². The number of nitrogens with one attached hydrogen (secondary N) is 1. The van der Waals surface area contributed by atoms with Crippen molar-refractivity contribution in [3.8, 4) is 5.75 Å². The Morgan fingerprint density at radius 1 is 1.12 bits per heavy atom. The molecule has 0 unspecified atom stereocenters. The molecule has 0 aromatic heterocycles. The van der Waals surface area contributed by atoms with Gasteiger partial charge in [-0.2, -0.15) is 13.2 Å². The summed E-state index contributed by atoms with van der Waals surface area (Å²) in [4.78, 5) is 4.20. The van der Waals surface area contributed by atoms with E-state index >= 15 is 0 Å². The predicted octanol–water partition coefficient (Wildman–Crippen LogP) is 4.12. The fourth-order valence-electron chi connectivity index (χ4n) is 2.13. The molecule has 134 valence electrons. The molecule has 2 rings (SSSR count). The first-order valence-electron chi connectivity index (χ1n) is 7.80. The Bertz CT molecular complexity index is 730. The van der Waals surface area contributed by atoms with Crippen molar-refractivity contribution in [2.24, 2.45) is 10.7 Å². The van der Waals surface area contributed by atoms with Gasteiger partial charge in [-0.25, -0.2) is 4.99 Å². The number of benzene rings is 2. The van der Waals surface area contributed by atoms with Crippen LogP contribution in [0.1, 0.15) is 18.1 Å². The van der Waals surface area contributed by atoms with Gasteiger partial charge in [0.2, 0.25) is 0 Å². The summed E-state index contributed by atoms with van der Waals surface area (Å²) in [6, 6.07) is 14.2. The van der Waals surface area contributed by atoms with Crippen molar-refractivity contribution in [3.05, 3.63) is 59.7 Å². The third kappa shape index (κ3) is 6.74. The van der Waals surface area contributed by atoms with E-state index in [4.69, 9.17) is 10.5 Å². The van der Waals surface area contributed by atoms with Gasteiger partial charge in [-0.1, -0.05) is 31.2 Å². The van der Waals surface area contributed by atoms with E-state index < -0.39 is 12.8 Å². The molecule has 0 saturated heterocycles. The molecule has 0 fully saturated rings. The van der Waals surface area contributed by atoms with Crippen molar-refractivity contribution < 1.29 is 17.9 Å². The van der Waals surface area contributed by atoms with E-state index in [9.17, 15) is 13.2 Å².